The number of carbonyl (C=O) groups excluding carboxylic acids is 4. The Morgan fingerprint density at radius 3 is 2.50 bits per heavy atom. The Bertz CT molecular complexity index is 2020. The van der Waals surface area contributed by atoms with Crippen LogP contribution in [0.2, 0.25) is 0 Å². The summed E-state index contributed by atoms with van der Waals surface area (Å²) in [7, 11) is -3.89. The number of ether oxygens (including phenoxy) is 1. The highest BCUT2D eigenvalue weighted by molar-refractivity contribution is 7.91. The number of rotatable bonds is 7. The molecule has 0 unspecified atom stereocenters. The zero-order valence-electron chi connectivity index (χ0n) is 30.6. The summed E-state index contributed by atoms with van der Waals surface area (Å²) in [6, 6.07) is 6.87. The first-order valence-electron chi connectivity index (χ1n) is 18.5. The van der Waals surface area contributed by atoms with Gasteiger partial charge in [0.25, 0.3) is 5.91 Å². The molecule has 0 bridgehead atoms. The van der Waals surface area contributed by atoms with Gasteiger partial charge < -0.3 is 20.3 Å². The highest BCUT2D eigenvalue weighted by Crippen LogP contribution is 2.46. The van der Waals surface area contributed by atoms with E-state index in [2.05, 4.69) is 20.3 Å². The summed E-state index contributed by atoms with van der Waals surface area (Å²) in [6.45, 7) is 5.23. The van der Waals surface area contributed by atoms with Gasteiger partial charge in [-0.3, -0.25) is 19.1 Å². The first-order valence-corrected chi connectivity index (χ1v) is 20.9. The molecular formula is C37H46N8O7S2. The van der Waals surface area contributed by atoms with Gasteiger partial charge >= 0.3 is 6.09 Å². The number of aromatic nitrogens is 4. The van der Waals surface area contributed by atoms with Gasteiger partial charge in [-0.1, -0.05) is 55.3 Å². The maximum Gasteiger partial charge on any atom is 0.408 e. The maximum atomic E-state index is 14.6. The SMILES string of the molecule is CC(C)(C)OC(=O)N[C@@H]1CCCCC/C=C/[C@@H]2C[C@@]2(C(=O)NS(=O)(=O)C2CC2)NC(=O)[C@@H]2C[C@@H](n3nc(-c4ccccc4)c(-c4nccs4)n3)CN2C1=O. The molecule has 0 radical (unpaired) electrons. The first kappa shape index (κ1) is 37.7. The van der Waals surface area contributed by atoms with Crippen molar-refractivity contribution in [1.82, 2.24) is 40.2 Å². The van der Waals surface area contributed by atoms with Crippen LogP contribution in [-0.4, -0.2) is 92.1 Å². The van der Waals surface area contributed by atoms with E-state index in [1.165, 1.54) is 21.0 Å². The lowest BCUT2D eigenvalue weighted by Crippen LogP contribution is -2.58. The zero-order chi connectivity index (χ0) is 38.3. The van der Waals surface area contributed by atoms with Crippen molar-refractivity contribution in [2.24, 2.45) is 5.92 Å². The molecule has 17 heteroatoms. The molecule has 4 aliphatic rings. The average molecular weight is 779 g/mol. The molecule has 54 heavy (non-hydrogen) atoms. The number of hydrogen-bond donors (Lipinski definition) is 3. The van der Waals surface area contributed by atoms with Crippen molar-refractivity contribution in [3.8, 4) is 22.0 Å². The number of nitrogens with one attached hydrogen (secondary N) is 3. The van der Waals surface area contributed by atoms with Gasteiger partial charge in [-0.05, 0) is 59.3 Å². The summed E-state index contributed by atoms with van der Waals surface area (Å²) in [4.78, 5) is 63.3. The van der Waals surface area contributed by atoms with Gasteiger partial charge in [0, 0.05) is 36.0 Å². The molecule has 2 saturated carbocycles. The summed E-state index contributed by atoms with van der Waals surface area (Å²) in [6.07, 6.45) is 9.21. The Morgan fingerprint density at radius 1 is 1.04 bits per heavy atom. The fourth-order valence-electron chi connectivity index (χ4n) is 7.16. The number of nitrogens with zero attached hydrogens (tertiary/aromatic N) is 5. The first-order chi connectivity index (χ1) is 25.7. The number of fused-ring (bicyclic) bond motifs is 2. The molecule has 3 fully saturated rings. The monoisotopic (exact) mass is 778 g/mol. The van der Waals surface area contributed by atoms with Crippen LogP contribution >= 0.6 is 11.3 Å². The number of allylic oxidation sites excluding steroid dienone is 1. The van der Waals surface area contributed by atoms with Gasteiger partial charge in [0.05, 0.1) is 11.3 Å². The predicted octanol–water partition coefficient (Wildman–Crippen LogP) is 4.11. The molecule has 1 aromatic carbocycles. The molecule has 1 saturated heterocycles. The number of amides is 4. The lowest BCUT2D eigenvalue weighted by atomic mass is 10.0. The van der Waals surface area contributed by atoms with Crippen LogP contribution in [0.5, 0.6) is 0 Å². The van der Waals surface area contributed by atoms with Gasteiger partial charge in [-0.25, -0.2) is 18.2 Å². The van der Waals surface area contributed by atoms with Crippen molar-refractivity contribution < 1.29 is 32.3 Å². The quantitative estimate of drug-likeness (QED) is 0.294. The maximum absolute atomic E-state index is 14.6. The third-order valence-electron chi connectivity index (χ3n) is 10.2. The van der Waals surface area contributed by atoms with Crippen molar-refractivity contribution in [1.29, 1.82) is 0 Å². The summed E-state index contributed by atoms with van der Waals surface area (Å²) in [5.41, 5.74) is -0.338. The molecule has 7 rings (SSSR count). The van der Waals surface area contributed by atoms with Crippen molar-refractivity contribution in [2.45, 2.75) is 113 Å². The van der Waals surface area contributed by atoms with Crippen LogP contribution < -0.4 is 15.4 Å². The summed E-state index contributed by atoms with van der Waals surface area (Å²) >= 11 is 1.41. The van der Waals surface area contributed by atoms with Gasteiger partial charge in [-0.15, -0.1) is 16.4 Å². The van der Waals surface area contributed by atoms with E-state index in [-0.39, 0.29) is 19.4 Å². The summed E-state index contributed by atoms with van der Waals surface area (Å²) in [5.74, 6) is -2.30. The van der Waals surface area contributed by atoms with Gasteiger partial charge in [-0.2, -0.15) is 9.90 Å². The molecule has 2 aromatic heterocycles. The Kier molecular flexibility index (Phi) is 10.4. The van der Waals surface area contributed by atoms with E-state index >= 15 is 0 Å². The number of carbonyl (C=O) groups is 4. The minimum atomic E-state index is -3.89. The highest BCUT2D eigenvalue weighted by atomic mass is 32.2. The van der Waals surface area contributed by atoms with E-state index in [1.807, 2.05) is 47.9 Å². The van der Waals surface area contributed by atoms with Crippen LogP contribution in [0.3, 0.4) is 0 Å². The molecule has 15 nitrogen and oxygen atoms in total. The Morgan fingerprint density at radius 2 is 1.80 bits per heavy atom. The number of benzene rings is 1. The second kappa shape index (κ2) is 14.9. The predicted molar refractivity (Wildman–Crippen MR) is 200 cm³/mol. The van der Waals surface area contributed by atoms with E-state index in [1.54, 1.807) is 27.0 Å². The molecule has 3 N–H and O–H groups in total. The van der Waals surface area contributed by atoms with Gasteiger partial charge in [0.2, 0.25) is 21.8 Å². The highest BCUT2D eigenvalue weighted by Gasteiger charge is 2.62. The third kappa shape index (κ3) is 8.21. The third-order valence-corrected chi connectivity index (χ3v) is 12.8. The molecule has 2 aliphatic heterocycles. The second-order valence-corrected chi connectivity index (χ2v) is 18.4. The van der Waals surface area contributed by atoms with E-state index in [0.717, 1.165) is 18.4 Å². The Hall–Kier alpha value is -4.64. The molecule has 288 valence electrons. The van der Waals surface area contributed by atoms with Crippen molar-refractivity contribution >= 4 is 45.2 Å². The smallest absolute Gasteiger partial charge is 0.408 e. The van der Waals surface area contributed by atoms with E-state index in [4.69, 9.17) is 14.9 Å². The number of hydrogen-bond acceptors (Lipinski definition) is 11. The topological polar surface area (TPSA) is 195 Å². The van der Waals surface area contributed by atoms with Crippen LogP contribution in [0, 0.1) is 5.92 Å². The minimum Gasteiger partial charge on any atom is -0.444 e. The lowest BCUT2D eigenvalue weighted by molar-refractivity contribution is -0.141. The molecule has 5 atom stereocenters. The minimum absolute atomic E-state index is 0.0300. The van der Waals surface area contributed by atoms with E-state index in [9.17, 15) is 27.6 Å². The Balaban J connectivity index is 1.23. The van der Waals surface area contributed by atoms with Crippen LogP contribution in [0.25, 0.3) is 22.0 Å². The van der Waals surface area contributed by atoms with E-state index in [0.29, 0.717) is 48.5 Å². The van der Waals surface area contributed by atoms with Crippen LogP contribution in [0.15, 0.2) is 54.1 Å². The summed E-state index contributed by atoms with van der Waals surface area (Å²) < 4.78 is 33.5. The van der Waals surface area contributed by atoms with Crippen molar-refractivity contribution in [3.63, 3.8) is 0 Å². The molecule has 4 amide bonds. The zero-order valence-corrected chi connectivity index (χ0v) is 32.2. The number of sulfonamides is 1. The number of alkyl carbamates (subject to hydrolysis) is 1. The van der Waals surface area contributed by atoms with E-state index < -0.39 is 74.3 Å². The van der Waals surface area contributed by atoms with Crippen molar-refractivity contribution in [2.75, 3.05) is 6.54 Å². The fourth-order valence-corrected chi connectivity index (χ4v) is 9.14. The van der Waals surface area contributed by atoms with Crippen LogP contribution in [-0.2, 0) is 29.1 Å². The van der Waals surface area contributed by atoms with Gasteiger partial charge in [0.1, 0.15) is 39.6 Å². The fraction of sp³-hybridized carbons (Fsp3) is 0.541. The average Bonchev–Trinajstić information content (AvgIpc) is 3.87. The Labute approximate surface area is 318 Å². The largest absolute Gasteiger partial charge is 0.444 e. The van der Waals surface area contributed by atoms with Crippen molar-refractivity contribution in [3.05, 3.63) is 54.1 Å². The molecule has 2 aliphatic carbocycles. The van der Waals surface area contributed by atoms with Gasteiger partial charge in [0.15, 0.2) is 0 Å². The molecule has 3 aromatic rings. The lowest BCUT2D eigenvalue weighted by Gasteiger charge is -2.30. The number of thiazole rings is 1. The standard InChI is InChI=1S/C37H46N8O7S2/c1-36(2,3)52-35(49)39-27-15-11-6-4-5-10-14-24-21-37(24,34(48)43-54(50,51)26-16-17-26)40-31(46)28-20-25(22-44(28)33(27)47)45-41-29(23-12-8-7-9-13-23)30(42-45)32-38-18-19-53-32/h7-10,12-14,18-19,24-28H,4-6,11,15-17,20-22H2,1-3H3,(H,39,49)(H,40,46)(H,43,48)/b14-10+/t24-,25-,27-,28+,37-/m1/s1. The normalized spacial score (nSPS) is 27.1. The molecular weight excluding hydrogens is 733 g/mol. The van der Waals surface area contributed by atoms with Crippen LogP contribution in [0.1, 0.15) is 84.6 Å². The summed E-state index contributed by atoms with van der Waals surface area (Å²) in [5, 5.41) is 17.3. The molecule has 0 spiro atoms. The molecule has 4 heterocycles. The second-order valence-electron chi connectivity index (χ2n) is 15.5. The van der Waals surface area contributed by atoms with Crippen LogP contribution in [0.4, 0.5) is 4.79 Å².